The summed E-state index contributed by atoms with van der Waals surface area (Å²) in [6, 6.07) is 5.37. The molecule has 2 aromatic rings. The van der Waals surface area contributed by atoms with Crippen LogP contribution in [0.3, 0.4) is 0 Å². The molecule has 1 aromatic heterocycles. The van der Waals surface area contributed by atoms with Crippen LogP contribution in [0.4, 0.5) is 5.95 Å². The minimum Gasteiger partial charge on any atom is -0.362 e. The summed E-state index contributed by atoms with van der Waals surface area (Å²) in [5.74, 6) is 0.962. The lowest BCUT2D eigenvalue weighted by atomic mass is 10.2. The number of hydrogen-bond acceptors (Lipinski definition) is 3. The van der Waals surface area contributed by atoms with Crippen molar-refractivity contribution >= 4 is 46.5 Å². The van der Waals surface area contributed by atoms with Gasteiger partial charge in [0.25, 0.3) is 0 Å². The van der Waals surface area contributed by atoms with Crippen LogP contribution in [-0.2, 0) is 6.54 Å². The maximum atomic E-state index is 6.15. The first-order valence-electron chi connectivity index (χ1n) is 6.82. The number of rotatable bonds is 5. The lowest BCUT2D eigenvalue weighted by Gasteiger charge is -2.09. The monoisotopic (exact) mass is 357 g/mol. The molecule has 0 amide bonds. The Morgan fingerprint density at radius 3 is 2.82 bits per heavy atom. The van der Waals surface area contributed by atoms with E-state index >= 15 is 0 Å². The van der Waals surface area contributed by atoms with Crippen LogP contribution in [0.1, 0.15) is 19.4 Å². The maximum Gasteiger partial charge on any atom is 0.248 e. The SMILES string of the molecule is CC(C)CNC(=S)Nc1ncn(Cc2ccc(Cl)cc2Cl)n1. The third kappa shape index (κ3) is 5.12. The third-order valence-corrected chi connectivity index (χ3v) is 3.61. The van der Waals surface area contributed by atoms with E-state index in [9.17, 15) is 0 Å². The molecule has 118 valence electrons. The van der Waals surface area contributed by atoms with Crippen molar-refractivity contribution in [2.45, 2.75) is 20.4 Å². The molecule has 0 saturated carbocycles. The topological polar surface area (TPSA) is 54.8 Å². The molecule has 2 rings (SSSR count). The van der Waals surface area contributed by atoms with Gasteiger partial charge in [0.2, 0.25) is 5.95 Å². The Bertz CT molecular complexity index is 656. The van der Waals surface area contributed by atoms with Gasteiger partial charge in [-0.25, -0.2) is 9.67 Å². The van der Waals surface area contributed by atoms with Crippen LogP contribution in [0.25, 0.3) is 0 Å². The van der Waals surface area contributed by atoms with Crippen LogP contribution in [0, 0.1) is 5.92 Å². The van der Waals surface area contributed by atoms with Crippen molar-refractivity contribution in [2.24, 2.45) is 5.92 Å². The lowest BCUT2D eigenvalue weighted by Crippen LogP contribution is -2.31. The van der Waals surface area contributed by atoms with Crippen molar-refractivity contribution in [3.05, 3.63) is 40.1 Å². The molecule has 0 atom stereocenters. The molecule has 0 bridgehead atoms. The second-order valence-electron chi connectivity index (χ2n) is 5.23. The Morgan fingerprint density at radius 1 is 1.36 bits per heavy atom. The first-order valence-corrected chi connectivity index (χ1v) is 7.98. The van der Waals surface area contributed by atoms with Gasteiger partial charge in [0, 0.05) is 16.6 Å². The van der Waals surface area contributed by atoms with E-state index < -0.39 is 0 Å². The number of benzene rings is 1. The summed E-state index contributed by atoms with van der Waals surface area (Å²) >= 11 is 17.2. The van der Waals surface area contributed by atoms with E-state index in [0.717, 1.165) is 12.1 Å². The first kappa shape index (κ1) is 17.0. The zero-order valence-corrected chi connectivity index (χ0v) is 14.6. The predicted octanol–water partition coefficient (Wildman–Crippen LogP) is 3.58. The van der Waals surface area contributed by atoms with Gasteiger partial charge in [-0.2, -0.15) is 0 Å². The zero-order chi connectivity index (χ0) is 16.1. The molecule has 0 aliphatic rings. The molecule has 2 N–H and O–H groups in total. The highest BCUT2D eigenvalue weighted by Crippen LogP contribution is 2.21. The summed E-state index contributed by atoms with van der Waals surface area (Å²) in [4.78, 5) is 4.17. The number of thiocarbonyl (C=S) groups is 1. The average molecular weight is 358 g/mol. The second kappa shape index (κ2) is 7.76. The number of aromatic nitrogens is 3. The molecule has 1 aromatic carbocycles. The quantitative estimate of drug-likeness (QED) is 0.801. The van der Waals surface area contributed by atoms with Crippen LogP contribution in [0.15, 0.2) is 24.5 Å². The van der Waals surface area contributed by atoms with Crippen LogP contribution in [0.5, 0.6) is 0 Å². The van der Waals surface area contributed by atoms with Crippen molar-refractivity contribution in [2.75, 3.05) is 11.9 Å². The van der Waals surface area contributed by atoms with Crippen LogP contribution < -0.4 is 10.6 Å². The standard InChI is InChI=1S/C14H17Cl2N5S/c1-9(2)6-17-14(22)19-13-18-8-21(20-13)7-10-3-4-11(15)5-12(10)16/h3-5,8-9H,6-7H2,1-2H3,(H2,17,19,20,22). The van der Waals surface area contributed by atoms with Gasteiger partial charge in [0.1, 0.15) is 6.33 Å². The van der Waals surface area contributed by atoms with E-state index in [1.807, 2.05) is 6.07 Å². The number of hydrogen-bond donors (Lipinski definition) is 2. The Labute approximate surface area is 145 Å². The van der Waals surface area contributed by atoms with Crippen molar-refractivity contribution < 1.29 is 0 Å². The summed E-state index contributed by atoms with van der Waals surface area (Å²) in [6.07, 6.45) is 1.62. The molecule has 0 saturated heterocycles. The number of nitrogens with zero attached hydrogens (tertiary/aromatic N) is 3. The summed E-state index contributed by atoms with van der Waals surface area (Å²) in [7, 11) is 0. The molecule has 1 heterocycles. The van der Waals surface area contributed by atoms with Gasteiger partial charge in [0.15, 0.2) is 5.11 Å². The smallest absolute Gasteiger partial charge is 0.248 e. The van der Waals surface area contributed by atoms with Gasteiger partial charge < -0.3 is 5.32 Å². The molecule has 0 spiro atoms. The van der Waals surface area contributed by atoms with E-state index in [4.69, 9.17) is 35.4 Å². The normalized spacial score (nSPS) is 10.8. The Kier molecular flexibility index (Phi) is 5.99. The van der Waals surface area contributed by atoms with Crippen molar-refractivity contribution in [3.63, 3.8) is 0 Å². The van der Waals surface area contributed by atoms with E-state index in [1.54, 1.807) is 23.1 Å². The molecule has 22 heavy (non-hydrogen) atoms. The predicted molar refractivity (Wildman–Crippen MR) is 94.6 cm³/mol. The summed E-state index contributed by atoms with van der Waals surface area (Å²) < 4.78 is 1.68. The molecule has 0 aliphatic heterocycles. The largest absolute Gasteiger partial charge is 0.362 e. The molecule has 0 radical (unpaired) electrons. The van der Waals surface area contributed by atoms with Gasteiger partial charge in [-0.15, -0.1) is 5.10 Å². The van der Waals surface area contributed by atoms with E-state index in [2.05, 4.69) is 34.6 Å². The van der Waals surface area contributed by atoms with Gasteiger partial charge in [-0.3, -0.25) is 5.32 Å². The highest BCUT2D eigenvalue weighted by molar-refractivity contribution is 7.80. The Balaban J connectivity index is 1.95. The number of nitrogens with one attached hydrogen (secondary N) is 2. The lowest BCUT2D eigenvalue weighted by molar-refractivity contribution is 0.627. The molecule has 0 aliphatic carbocycles. The van der Waals surface area contributed by atoms with Crippen LogP contribution in [-0.4, -0.2) is 26.4 Å². The second-order valence-corrected chi connectivity index (χ2v) is 6.48. The van der Waals surface area contributed by atoms with Crippen molar-refractivity contribution in [3.8, 4) is 0 Å². The van der Waals surface area contributed by atoms with E-state index in [0.29, 0.717) is 33.6 Å². The third-order valence-electron chi connectivity index (χ3n) is 2.78. The fourth-order valence-electron chi connectivity index (χ4n) is 1.70. The summed E-state index contributed by atoms with van der Waals surface area (Å²) in [5, 5.41) is 12.1. The molecular formula is C14H17Cl2N5S. The Hall–Kier alpha value is -1.37. The fraction of sp³-hybridized carbons (Fsp3) is 0.357. The van der Waals surface area contributed by atoms with Gasteiger partial charge in [-0.05, 0) is 35.8 Å². The maximum absolute atomic E-state index is 6.15. The van der Waals surface area contributed by atoms with Gasteiger partial charge in [0.05, 0.1) is 6.54 Å². The van der Waals surface area contributed by atoms with Crippen LogP contribution >= 0.6 is 35.4 Å². The summed E-state index contributed by atoms with van der Waals surface area (Å²) in [6.45, 7) is 5.53. The summed E-state index contributed by atoms with van der Waals surface area (Å²) in [5.41, 5.74) is 0.919. The molecule has 8 heteroatoms. The molecule has 0 unspecified atom stereocenters. The number of anilines is 1. The fourth-order valence-corrected chi connectivity index (χ4v) is 2.34. The average Bonchev–Trinajstić information content (AvgIpc) is 2.87. The van der Waals surface area contributed by atoms with Crippen molar-refractivity contribution in [1.82, 2.24) is 20.1 Å². The highest BCUT2D eigenvalue weighted by atomic mass is 35.5. The van der Waals surface area contributed by atoms with Gasteiger partial charge >= 0.3 is 0 Å². The van der Waals surface area contributed by atoms with Crippen molar-refractivity contribution in [1.29, 1.82) is 0 Å². The Morgan fingerprint density at radius 2 is 2.14 bits per heavy atom. The minimum atomic E-state index is 0.450. The minimum absolute atomic E-state index is 0.450. The highest BCUT2D eigenvalue weighted by Gasteiger charge is 2.06. The first-order chi connectivity index (χ1) is 10.4. The molecule has 5 nitrogen and oxygen atoms in total. The molecule has 0 fully saturated rings. The number of halogens is 2. The van der Waals surface area contributed by atoms with E-state index in [1.165, 1.54) is 0 Å². The molecular weight excluding hydrogens is 341 g/mol. The van der Waals surface area contributed by atoms with Crippen LogP contribution in [0.2, 0.25) is 10.0 Å². The van der Waals surface area contributed by atoms with E-state index in [-0.39, 0.29) is 0 Å². The van der Waals surface area contributed by atoms with Gasteiger partial charge in [-0.1, -0.05) is 43.1 Å². The zero-order valence-electron chi connectivity index (χ0n) is 12.3.